The van der Waals surface area contributed by atoms with Gasteiger partial charge in [0.1, 0.15) is 0 Å². The number of hydrogen-bond acceptors (Lipinski definition) is 5. The second-order valence-corrected chi connectivity index (χ2v) is 12.9. The number of allylic oxidation sites excluding steroid dienone is 3. The molecule has 0 saturated heterocycles. The fraction of sp³-hybridized carbons (Fsp3) is 0.0204. The van der Waals surface area contributed by atoms with Crippen molar-refractivity contribution in [1.29, 1.82) is 0 Å². The van der Waals surface area contributed by atoms with Crippen LogP contribution in [0.3, 0.4) is 0 Å². The number of rotatable bonds is 10. The molecule has 3 heterocycles. The van der Waals surface area contributed by atoms with E-state index in [-0.39, 0.29) is 0 Å². The van der Waals surface area contributed by atoms with E-state index in [2.05, 4.69) is 108 Å². The van der Waals surface area contributed by atoms with Crippen LogP contribution in [0.1, 0.15) is 17.0 Å². The van der Waals surface area contributed by atoms with Crippen molar-refractivity contribution in [3.8, 4) is 56.2 Å². The molecule has 0 aliphatic carbocycles. The molecule has 3 aromatic heterocycles. The fourth-order valence-corrected chi connectivity index (χ4v) is 6.53. The van der Waals surface area contributed by atoms with Crippen LogP contribution in [0.25, 0.3) is 67.4 Å². The summed E-state index contributed by atoms with van der Waals surface area (Å²) >= 11 is 0. The maximum atomic E-state index is 6.55. The van der Waals surface area contributed by atoms with Crippen molar-refractivity contribution in [3.63, 3.8) is 0 Å². The molecule has 5 aromatic carbocycles. The SMILES string of the molecule is N/C(=C\C(=C/Cc1ncccc1-c1cccc(-c2cccc(-c3cc(-c4ccccc4)nc(-c4ccccc4)n3)c2)c1)c1ccccc1)c1ccccn1. The molecule has 2 N–H and O–H groups in total. The summed E-state index contributed by atoms with van der Waals surface area (Å²) in [5.74, 6) is 0.697. The normalized spacial score (nSPS) is 11.7. The van der Waals surface area contributed by atoms with E-state index >= 15 is 0 Å². The lowest BCUT2D eigenvalue weighted by atomic mass is 9.95. The van der Waals surface area contributed by atoms with Gasteiger partial charge in [0.05, 0.1) is 28.5 Å². The highest BCUT2D eigenvalue weighted by Crippen LogP contribution is 2.33. The molecule has 8 aromatic rings. The van der Waals surface area contributed by atoms with Crippen molar-refractivity contribution in [2.24, 2.45) is 5.73 Å². The highest BCUT2D eigenvalue weighted by molar-refractivity contribution is 5.83. The number of benzene rings is 5. The Balaban J connectivity index is 1.13. The highest BCUT2D eigenvalue weighted by Gasteiger charge is 2.13. The van der Waals surface area contributed by atoms with Gasteiger partial charge in [-0.25, -0.2) is 9.97 Å². The topological polar surface area (TPSA) is 77.6 Å². The molecule has 54 heavy (non-hydrogen) atoms. The summed E-state index contributed by atoms with van der Waals surface area (Å²) in [6.45, 7) is 0. The van der Waals surface area contributed by atoms with Gasteiger partial charge in [0.15, 0.2) is 5.82 Å². The van der Waals surface area contributed by atoms with Gasteiger partial charge >= 0.3 is 0 Å². The first-order valence-electron chi connectivity index (χ1n) is 18.0. The third kappa shape index (κ3) is 7.81. The van der Waals surface area contributed by atoms with Gasteiger partial charge in [-0.1, -0.05) is 146 Å². The van der Waals surface area contributed by atoms with Crippen molar-refractivity contribution in [1.82, 2.24) is 19.9 Å². The number of aromatic nitrogens is 4. The Morgan fingerprint density at radius 2 is 1.06 bits per heavy atom. The van der Waals surface area contributed by atoms with Crippen LogP contribution in [0.4, 0.5) is 0 Å². The molecule has 0 aliphatic heterocycles. The van der Waals surface area contributed by atoms with Crippen molar-refractivity contribution < 1.29 is 0 Å². The summed E-state index contributed by atoms with van der Waals surface area (Å²) in [5.41, 5.74) is 20.1. The molecule has 0 unspecified atom stereocenters. The minimum absolute atomic E-state index is 0.608. The lowest BCUT2D eigenvalue weighted by molar-refractivity contribution is 1.11. The Morgan fingerprint density at radius 1 is 0.481 bits per heavy atom. The molecule has 8 rings (SSSR count). The van der Waals surface area contributed by atoms with Crippen molar-refractivity contribution in [2.75, 3.05) is 0 Å². The van der Waals surface area contributed by atoms with Crippen molar-refractivity contribution in [3.05, 3.63) is 217 Å². The lowest BCUT2D eigenvalue weighted by Crippen LogP contribution is -2.00. The number of nitrogens with zero attached hydrogens (tertiary/aromatic N) is 4. The molecule has 0 aliphatic rings. The van der Waals surface area contributed by atoms with Gasteiger partial charge in [-0.15, -0.1) is 0 Å². The van der Waals surface area contributed by atoms with E-state index in [1.54, 1.807) is 6.20 Å². The quantitative estimate of drug-likeness (QED) is 0.144. The van der Waals surface area contributed by atoms with Crippen LogP contribution < -0.4 is 5.73 Å². The average Bonchev–Trinajstić information content (AvgIpc) is 3.26. The van der Waals surface area contributed by atoms with Gasteiger partial charge in [0.25, 0.3) is 0 Å². The molecule has 0 bridgehead atoms. The first kappa shape index (κ1) is 33.9. The van der Waals surface area contributed by atoms with Gasteiger partial charge in [-0.05, 0) is 70.3 Å². The molecule has 0 radical (unpaired) electrons. The number of pyridine rings is 2. The zero-order valence-electron chi connectivity index (χ0n) is 29.6. The van der Waals surface area contributed by atoms with E-state index in [9.17, 15) is 0 Å². The first-order valence-corrected chi connectivity index (χ1v) is 18.0. The second-order valence-electron chi connectivity index (χ2n) is 12.9. The molecular weight excluding hydrogens is 659 g/mol. The molecule has 0 fully saturated rings. The number of nitrogens with two attached hydrogens (primary N) is 1. The van der Waals surface area contributed by atoms with Crippen LogP contribution in [-0.4, -0.2) is 19.9 Å². The van der Waals surface area contributed by atoms with Crippen molar-refractivity contribution in [2.45, 2.75) is 6.42 Å². The van der Waals surface area contributed by atoms with E-state index in [1.165, 1.54) is 0 Å². The zero-order chi connectivity index (χ0) is 36.5. The molecule has 0 atom stereocenters. The van der Waals surface area contributed by atoms with E-state index in [4.69, 9.17) is 20.7 Å². The van der Waals surface area contributed by atoms with Crippen molar-refractivity contribution >= 4 is 11.3 Å². The van der Waals surface area contributed by atoms with Crippen LogP contribution in [0.2, 0.25) is 0 Å². The Hall–Kier alpha value is -7.24. The van der Waals surface area contributed by atoms with Crippen LogP contribution in [-0.2, 0) is 6.42 Å². The largest absolute Gasteiger partial charge is 0.397 e. The minimum atomic E-state index is 0.608. The number of hydrogen-bond donors (Lipinski definition) is 1. The molecule has 5 nitrogen and oxygen atoms in total. The predicted molar refractivity (Wildman–Crippen MR) is 222 cm³/mol. The molecule has 0 saturated carbocycles. The van der Waals surface area contributed by atoms with E-state index < -0.39 is 0 Å². The van der Waals surface area contributed by atoms with Gasteiger partial charge < -0.3 is 5.73 Å². The molecule has 258 valence electrons. The molecule has 0 amide bonds. The standard InChI is InChI=1S/C49H37N5/c50-44(46-26-10-11-29-52-46)33-40(35-15-4-1-5-16-35)27-28-45-43(25-14-30-51-45)41-23-12-21-38(31-41)39-22-13-24-42(32-39)48-34-47(36-17-6-2-7-18-36)53-49(54-48)37-19-8-3-9-20-37/h1-27,29-34H,28,50H2/b40-27+,44-33-. The Kier molecular flexibility index (Phi) is 10.0. The van der Waals surface area contributed by atoms with Crippen LogP contribution in [0.15, 0.2) is 200 Å². The summed E-state index contributed by atoms with van der Waals surface area (Å²) in [7, 11) is 0. The summed E-state index contributed by atoms with van der Waals surface area (Å²) < 4.78 is 0. The second kappa shape index (κ2) is 16.0. The first-order chi connectivity index (χ1) is 26.7. The summed E-state index contributed by atoms with van der Waals surface area (Å²) in [6.07, 6.45) is 8.42. The Labute approximate surface area is 315 Å². The van der Waals surface area contributed by atoms with Gasteiger partial charge in [-0.2, -0.15) is 0 Å². The van der Waals surface area contributed by atoms with Gasteiger partial charge in [-0.3, -0.25) is 9.97 Å². The highest BCUT2D eigenvalue weighted by atomic mass is 14.9. The fourth-order valence-electron chi connectivity index (χ4n) is 6.53. The molecular formula is C49H37N5. The predicted octanol–water partition coefficient (Wildman–Crippen LogP) is 11.2. The van der Waals surface area contributed by atoms with Gasteiger partial charge in [0, 0.05) is 41.1 Å². The van der Waals surface area contributed by atoms with Crippen LogP contribution in [0, 0.1) is 0 Å². The maximum Gasteiger partial charge on any atom is 0.160 e. The third-order valence-corrected chi connectivity index (χ3v) is 9.28. The zero-order valence-corrected chi connectivity index (χ0v) is 29.6. The smallest absolute Gasteiger partial charge is 0.160 e. The maximum absolute atomic E-state index is 6.55. The molecule has 0 spiro atoms. The third-order valence-electron chi connectivity index (χ3n) is 9.28. The van der Waals surface area contributed by atoms with Crippen LogP contribution in [0.5, 0.6) is 0 Å². The summed E-state index contributed by atoms with van der Waals surface area (Å²) in [6, 6.07) is 59.9. The minimum Gasteiger partial charge on any atom is -0.397 e. The monoisotopic (exact) mass is 695 g/mol. The van der Waals surface area contributed by atoms with E-state index in [0.717, 1.165) is 72.9 Å². The molecule has 5 heteroatoms. The van der Waals surface area contributed by atoms with E-state index in [1.807, 2.05) is 91.1 Å². The lowest BCUT2D eigenvalue weighted by Gasteiger charge is -2.12. The Morgan fingerprint density at radius 3 is 1.76 bits per heavy atom. The summed E-state index contributed by atoms with van der Waals surface area (Å²) in [4.78, 5) is 19.3. The Bertz CT molecular complexity index is 2510. The average molecular weight is 696 g/mol. The van der Waals surface area contributed by atoms with Crippen LogP contribution >= 0.6 is 0 Å². The summed E-state index contributed by atoms with van der Waals surface area (Å²) in [5, 5.41) is 0. The van der Waals surface area contributed by atoms with E-state index in [0.29, 0.717) is 17.9 Å². The van der Waals surface area contributed by atoms with Gasteiger partial charge in [0.2, 0.25) is 0 Å².